The van der Waals surface area contributed by atoms with E-state index in [4.69, 9.17) is 31.6 Å². The van der Waals surface area contributed by atoms with Gasteiger partial charge < -0.3 is 0 Å². The summed E-state index contributed by atoms with van der Waals surface area (Å²) in [5, 5.41) is 53.5. The predicted molar refractivity (Wildman–Crippen MR) is 59.1 cm³/mol. The zero-order valence-corrected chi connectivity index (χ0v) is 11.7. The second-order valence-electron chi connectivity index (χ2n) is 2.96. The molecule has 1 atom stereocenters. The molecular weight excluding hydrogens is 253 g/mol. The normalized spacial score (nSPS) is 16.7. The molecule has 0 amide bonds. The molecule has 0 saturated heterocycles. The first-order valence-corrected chi connectivity index (χ1v) is 4.37. The number of hydrogen-bond acceptors (Lipinski definition) is 7. The summed E-state index contributed by atoms with van der Waals surface area (Å²) in [7, 11) is 0. The van der Waals surface area contributed by atoms with Crippen molar-refractivity contribution in [3.05, 3.63) is 22.4 Å². The van der Waals surface area contributed by atoms with E-state index in [1.54, 1.807) is 36.5 Å². The third kappa shape index (κ3) is 2.41. The Balaban J connectivity index is 0.00000324. The van der Waals surface area contributed by atoms with E-state index in [0.29, 0.717) is 4.90 Å². The maximum atomic E-state index is 8.93. The molecule has 1 radical (unpaired) electrons. The summed E-state index contributed by atoms with van der Waals surface area (Å²) in [5.74, 6) is 0. The average Bonchev–Trinajstić information content (AvgIpc) is 2.43. The van der Waals surface area contributed by atoms with E-state index < -0.39 is 11.7 Å². The fourth-order valence-corrected chi connectivity index (χ4v) is 1.45. The molecule has 1 aliphatic rings. The molecule has 81 valence electrons. The minimum absolute atomic E-state index is 0. The average molecular weight is 254 g/mol. The van der Waals surface area contributed by atoms with Crippen LogP contribution < -0.4 is 0 Å². The van der Waals surface area contributed by atoms with E-state index in [0.717, 1.165) is 0 Å². The van der Waals surface area contributed by atoms with Crippen molar-refractivity contribution in [2.75, 3.05) is 0 Å². The Hall–Kier alpha value is -2.78. The van der Waals surface area contributed by atoms with E-state index in [-0.39, 0.29) is 46.3 Å². The van der Waals surface area contributed by atoms with Crippen LogP contribution in [0.3, 0.4) is 0 Å². The van der Waals surface area contributed by atoms with Gasteiger partial charge in [-0.2, -0.15) is 31.6 Å². The Morgan fingerprint density at radius 3 is 1.68 bits per heavy atom. The first-order chi connectivity index (χ1) is 8.69. The van der Waals surface area contributed by atoms with Crippen molar-refractivity contribution in [1.82, 2.24) is 4.90 Å². The molecule has 7 nitrogen and oxygen atoms in total. The van der Waals surface area contributed by atoms with E-state index in [1.165, 1.54) is 0 Å². The van der Waals surface area contributed by atoms with Gasteiger partial charge in [-0.15, -0.1) is 0 Å². The fourth-order valence-electron chi connectivity index (χ4n) is 1.45. The topological polar surface area (TPSA) is 146 Å². The maximum Gasteiger partial charge on any atom is 0.186 e. The van der Waals surface area contributed by atoms with Crippen molar-refractivity contribution < 1.29 is 0 Å². The molecule has 0 aliphatic carbocycles. The van der Waals surface area contributed by atoms with Crippen LogP contribution in [0, 0.1) is 68.1 Å². The number of rotatable bonds is 0. The third-order valence-electron chi connectivity index (χ3n) is 2.21. The molecule has 1 unspecified atom stereocenters. The Morgan fingerprint density at radius 1 is 0.789 bits per heavy atom. The van der Waals surface area contributed by atoms with Crippen molar-refractivity contribution in [3.63, 3.8) is 0 Å². The van der Waals surface area contributed by atoms with Crippen molar-refractivity contribution in [1.29, 1.82) is 31.6 Å². The van der Waals surface area contributed by atoms with Crippen LogP contribution in [0.25, 0.3) is 0 Å². The summed E-state index contributed by atoms with van der Waals surface area (Å²) in [6, 6.07) is 6.74. The summed E-state index contributed by atoms with van der Waals surface area (Å²) in [6.45, 7) is 0. The van der Waals surface area contributed by atoms with Crippen LogP contribution in [-0.4, -0.2) is 40.5 Å². The van der Waals surface area contributed by atoms with Gasteiger partial charge >= 0.3 is 0 Å². The van der Waals surface area contributed by atoms with Gasteiger partial charge in [-0.3, -0.25) is 0 Å². The van der Waals surface area contributed by atoms with Crippen molar-refractivity contribution in [2.45, 2.75) is 6.04 Å². The van der Waals surface area contributed by atoms with E-state index in [2.05, 4.69) is 0 Å². The minimum Gasteiger partial charge on any atom is -0.246 e. The molecule has 0 aromatic heterocycles. The molecule has 0 aromatic rings. The molecule has 8 heteroatoms. The van der Waals surface area contributed by atoms with Crippen LogP contribution >= 0.6 is 0 Å². The van der Waals surface area contributed by atoms with Gasteiger partial charge in [0.15, 0.2) is 12.2 Å². The van der Waals surface area contributed by atoms with Gasteiger partial charge in [0.25, 0.3) is 0 Å². The molecule has 0 saturated carbocycles. The van der Waals surface area contributed by atoms with Crippen LogP contribution in [0.2, 0.25) is 0 Å². The fraction of sp³-hybridized carbons (Fsp3) is 0.0909. The van der Waals surface area contributed by atoms with Gasteiger partial charge in [0, 0.05) is 29.6 Å². The second-order valence-corrected chi connectivity index (χ2v) is 2.96. The number of nitriles is 6. The van der Waals surface area contributed by atoms with Crippen molar-refractivity contribution in [3.8, 4) is 36.5 Å². The Morgan fingerprint density at radius 2 is 1.37 bits per heavy atom. The Bertz CT molecular complexity index is 654. The van der Waals surface area contributed by atoms with Crippen LogP contribution in [0.5, 0.6) is 0 Å². The Kier molecular flexibility index (Phi) is 5.83. The first-order valence-electron chi connectivity index (χ1n) is 4.37. The van der Waals surface area contributed by atoms with E-state index in [9.17, 15) is 0 Å². The Labute approximate surface area is 131 Å². The van der Waals surface area contributed by atoms with Crippen LogP contribution in [0.1, 0.15) is 0 Å². The second kappa shape index (κ2) is 6.83. The summed E-state index contributed by atoms with van der Waals surface area (Å²) in [4.78, 5) is 0.651. The maximum absolute atomic E-state index is 8.93. The molecular formula is C11HN7Na. The van der Waals surface area contributed by atoms with Crippen LogP contribution in [0.4, 0.5) is 0 Å². The summed E-state index contributed by atoms with van der Waals surface area (Å²) in [5.41, 5.74) is -1.42. The summed E-state index contributed by atoms with van der Waals surface area (Å²) < 4.78 is 0. The minimum atomic E-state index is -1.36. The number of nitrogens with zero attached hydrogens (tertiary/aromatic N) is 7. The smallest absolute Gasteiger partial charge is 0.186 e. The van der Waals surface area contributed by atoms with Crippen LogP contribution in [-0.2, 0) is 0 Å². The van der Waals surface area contributed by atoms with Crippen molar-refractivity contribution in [2.24, 2.45) is 0 Å². The molecule has 1 aliphatic heterocycles. The van der Waals surface area contributed by atoms with Gasteiger partial charge in [-0.25, -0.2) is 4.90 Å². The largest absolute Gasteiger partial charge is 0.246 e. The van der Waals surface area contributed by atoms with Crippen LogP contribution in [0.15, 0.2) is 22.4 Å². The first kappa shape index (κ1) is 16.2. The van der Waals surface area contributed by atoms with Gasteiger partial charge in [0.1, 0.15) is 29.5 Å². The van der Waals surface area contributed by atoms with Gasteiger partial charge in [-0.1, -0.05) is 0 Å². The SMILES string of the molecule is N#CC1=C(C#N)C(C#N)N(C#N)C(C#N)=C1C#N.[Na]. The quantitative estimate of drug-likeness (QED) is 0.434. The molecule has 0 fully saturated rings. The molecule has 1 heterocycles. The molecule has 0 spiro atoms. The van der Waals surface area contributed by atoms with E-state index >= 15 is 0 Å². The zero-order chi connectivity index (χ0) is 13.7. The monoisotopic (exact) mass is 254 g/mol. The van der Waals surface area contributed by atoms with Crippen molar-refractivity contribution >= 4 is 29.6 Å². The third-order valence-corrected chi connectivity index (χ3v) is 2.21. The standard InChI is InChI=1S/C11HN7.Na/c12-1-7-8(2-13)10(4-15)18(6-17)11(5-16)9(7)3-14;/h10H;. The zero-order valence-electron chi connectivity index (χ0n) is 9.71. The number of allylic oxidation sites excluding steroid dienone is 3. The molecule has 0 N–H and O–H groups in total. The molecule has 0 bridgehead atoms. The predicted octanol–water partition coefficient (Wildman–Crippen LogP) is -0.0605. The van der Waals surface area contributed by atoms with Gasteiger partial charge in [0.2, 0.25) is 0 Å². The number of hydrogen-bond donors (Lipinski definition) is 0. The summed E-state index contributed by atoms with van der Waals surface area (Å²) in [6.07, 6.45) is 1.56. The molecule has 19 heavy (non-hydrogen) atoms. The summed E-state index contributed by atoms with van der Waals surface area (Å²) >= 11 is 0. The molecule has 0 aromatic carbocycles. The molecule has 1 rings (SSSR count). The van der Waals surface area contributed by atoms with Gasteiger partial charge in [-0.05, 0) is 0 Å². The van der Waals surface area contributed by atoms with E-state index in [1.807, 2.05) is 0 Å². The van der Waals surface area contributed by atoms with Gasteiger partial charge in [0.05, 0.1) is 23.3 Å².